The highest BCUT2D eigenvalue weighted by Gasteiger charge is 2.40. The molecule has 2 heterocycles. The van der Waals surface area contributed by atoms with Gasteiger partial charge in [0.25, 0.3) is 0 Å². The van der Waals surface area contributed by atoms with Gasteiger partial charge in [-0.05, 0) is 74.0 Å². The van der Waals surface area contributed by atoms with Gasteiger partial charge < -0.3 is 5.32 Å². The van der Waals surface area contributed by atoms with Gasteiger partial charge >= 0.3 is 0 Å². The summed E-state index contributed by atoms with van der Waals surface area (Å²) in [6.45, 7) is 4.48. The van der Waals surface area contributed by atoms with E-state index in [1.54, 1.807) is 0 Å². The van der Waals surface area contributed by atoms with Gasteiger partial charge in [0.05, 0.1) is 6.04 Å². The van der Waals surface area contributed by atoms with Crippen LogP contribution in [-0.2, 0) is 0 Å². The number of hydrogen-bond donors (Lipinski definition) is 1. The molecule has 3 aliphatic rings. The summed E-state index contributed by atoms with van der Waals surface area (Å²) in [5.74, 6) is 0.223. The first-order valence-corrected chi connectivity index (χ1v) is 12.2. The Kier molecular flexibility index (Phi) is 7.60. The molecule has 5 unspecified atom stereocenters. The summed E-state index contributed by atoms with van der Waals surface area (Å²) in [6.07, 6.45) is 16.4. The lowest BCUT2D eigenvalue weighted by Crippen LogP contribution is -2.41. The summed E-state index contributed by atoms with van der Waals surface area (Å²) < 4.78 is 13.9. The number of nitrogens with one attached hydrogen (secondary N) is 1. The van der Waals surface area contributed by atoms with Crippen molar-refractivity contribution in [2.75, 3.05) is 0 Å². The van der Waals surface area contributed by atoms with Crippen LogP contribution in [0.15, 0.2) is 83.1 Å². The van der Waals surface area contributed by atoms with Crippen molar-refractivity contribution in [1.29, 1.82) is 0 Å². The van der Waals surface area contributed by atoms with Gasteiger partial charge in [-0.25, -0.2) is 4.39 Å². The Morgan fingerprint density at radius 2 is 1.97 bits per heavy atom. The van der Waals surface area contributed by atoms with E-state index in [2.05, 4.69) is 36.2 Å². The quantitative estimate of drug-likeness (QED) is 0.428. The predicted octanol–water partition coefficient (Wildman–Crippen LogP) is 7.61. The molecule has 1 aliphatic carbocycles. The maximum absolute atomic E-state index is 13.9. The van der Waals surface area contributed by atoms with E-state index in [0.29, 0.717) is 12.1 Å². The van der Waals surface area contributed by atoms with Crippen LogP contribution in [0.3, 0.4) is 0 Å². The van der Waals surface area contributed by atoms with Gasteiger partial charge in [0, 0.05) is 27.8 Å². The standard InChI is InChI=1S/C27H31Cl2FN2/c1-18(25-13-8-14-26(30)31-25)17-20-16-15-19(2)32(20)27(22-10-6-7-12-24(22)29)21-9-4-3-5-11-23(21)28/h3-8,10-14,18-20,26-27,31H,9,15-17H2,1-2H3. The number of hydrogen-bond acceptors (Lipinski definition) is 2. The van der Waals surface area contributed by atoms with E-state index in [1.165, 1.54) is 11.6 Å². The van der Waals surface area contributed by atoms with E-state index in [-0.39, 0.29) is 12.0 Å². The maximum Gasteiger partial charge on any atom is 0.189 e. The molecule has 0 saturated carbocycles. The van der Waals surface area contributed by atoms with E-state index in [1.807, 2.05) is 48.6 Å². The molecule has 5 atom stereocenters. The highest BCUT2D eigenvalue weighted by Crippen LogP contribution is 2.45. The highest BCUT2D eigenvalue weighted by atomic mass is 35.5. The second-order valence-corrected chi connectivity index (χ2v) is 9.82. The predicted molar refractivity (Wildman–Crippen MR) is 133 cm³/mol. The number of benzene rings is 1. The first kappa shape index (κ1) is 23.4. The zero-order valence-electron chi connectivity index (χ0n) is 18.6. The molecule has 4 rings (SSSR count). The minimum absolute atomic E-state index is 0.000383. The number of dihydropyridines is 1. The Balaban J connectivity index is 1.69. The highest BCUT2D eigenvalue weighted by molar-refractivity contribution is 6.32. The molecule has 32 heavy (non-hydrogen) atoms. The number of rotatable bonds is 6. The first-order chi connectivity index (χ1) is 15.5. The molecule has 170 valence electrons. The van der Waals surface area contributed by atoms with Gasteiger partial charge in [-0.15, -0.1) is 0 Å². The number of halogens is 3. The van der Waals surface area contributed by atoms with Crippen molar-refractivity contribution >= 4 is 23.2 Å². The van der Waals surface area contributed by atoms with E-state index in [4.69, 9.17) is 23.2 Å². The summed E-state index contributed by atoms with van der Waals surface area (Å²) in [4.78, 5) is 2.61. The van der Waals surface area contributed by atoms with Gasteiger partial charge in [-0.3, -0.25) is 4.90 Å². The van der Waals surface area contributed by atoms with Crippen LogP contribution in [0.5, 0.6) is 0 Å². The Labute approximate surface area is 201 Å². The van der Waals surface area contributed by atoms with E-state index in [9.17, 15) is 4.39 Å². The number of allylic oxidation sites excluding steroid dienone is 8. The van der Waals surface area contributed by atoms with Crippen LogP contribution in [0.1, 0.15) is 51.1 Å². The molecular formula is C27H31Cl2FN2. The van der Waals surface area contributed by atoms with E-state index in [0.717, 1.165) is 47.0 Å². The topological polar surface area (TPSA) is 15.3 Å². The van der Waals surface area contributed by atoms with E-state index >= 15 is 0 Å². The Morgan fingerprint density at radius 1 is 1.16 bits per heavy atom. The van der Waals surface area contributed by atoms with E-state index < -0.39 is 6.30 Å². The zero-order valence-corrected chi connectivity index (χ0v) is 20.2. The lowest BCUT2D eigenvalue weighted by molar-refractivity contribution is 0.140. The second kappa shape index (κ2) is 10.4. The van der Waals surface area contributed by atoms with Crippen molar-refractivity contribution < 1.29 is 4.39 Å². The molecule has 0 amide bonds. The summed E-state index contributed by atoms with van der Waals surface area (Å²) in [5, 5.41) is 4.53. The second-order valence-electron chi connectivity index (χ2n) is 9.01. The summed E-state index contributed by atoms with van der Waals surface area (Å²) >= 11 is 13.6. The largest absolute Gasteiger partial charge is 0.356 e. The van der Waals surface area contributed by atoms with Gasteiger partial charge in [0.2, 0.25) is 0 Å². The third-order valence-electron chi connectivity index (χ3n) is 6.83. The van der Waals surface area contributed by atoms with Gasteiger partial charge in [-0.2, -0.15) is 0 Å². The van der Waals surface area contributed by atoms with Crippen LogP contribution in [-0.4, -0.2) is 23.3 Å². The fourth-order valence-electron chi connectivity index (χ4n) is 5.24. The zero-order chi connectivity index (χ0) is 22.7. The minimum atomic E-state index is -1.11. The summed E-state index contributed by atoms with van der Waals surface area (Å²) in [6, 6.07) is 8.85. The van der Waals surface area contributed by atoms with Crippen molar-refractivity contribution in [2.45, 2.75) is 64.0 Å². The monoisotopic (exact) mass is 472 g/mol. The average molecular weight is 473 g/mol. The third-order valence-corrected chi connectivity index (χ3v) is 7.54. The first-order valence-electron chi connectivity index (χ1n) is 11.5. The smallest absolute Gasteiger partial charge is 0.189 e. The van der Waals surface area contributed by atoms with Crippen molar-refractivity contribution in [3.63, 3.8) is 0 Å². The number of alkyl halides is 1. The van der Waals surface area contributed by atoms with Crippen molar-refractivity contribution in [3.8, 4) is 0 Å². The normalized spacial score (nSPS) is 27.8. The van der Waals surface area contributed by atoms with Crippen LogP contribution < -0.4 is 5.32 Å². The third kappa shape index (κ3) is 5.06. The molecule has 0 radical (unpaired) electrons. The molecule has 2 aliphatic heterocycles. The van der Waals surface area contributed by atoms with Gasteiger partial charge in [0.1, 0.15) is 0 Å². The average Bonchev–Trinajstić information content (AvgIpc) is 2.98. The molecule has 0 aromatic heterocycles. The summed E-state index contributed by atoms with van der Waals surface area (Å²) in [5.41, 5.74) is 3.24. The molecule has 5 heteroatoms. The Bertz CT molecular complexity index is 978. The lowest BCUT2D eigenvalue weighted by atomic mass is 9.90. The SMILES string of the molecule is CC(CC1CCC(C)N1C(C1=C(Cl)C=CC=CC1)c1ccccc1Cl)C1=CC=CC(F)N1. The molecule has 1 N–H and O–H groups in total. The van der Waals surface area contributed by atoms with Gasteiger partial charge in [0.15, 0.2) is 6.30 Å². The lowest BCUT2D eigenvalue weighted by Gasteiger charge is -2.40. The number of nitrogens with zero attached hydrogens (tertiary/aromatic N) is 1. The molecule has 1 aromatic carbocycles. The molecule has 0 spiro atoms. The van der Waals surface area contributed by atoms with Crippen LogP contribution in [0.2, 0.25) is 5.02 Å². The molecular weight excluding hydrogens is 442 g/mol. The summed E-state index contributed by atoms with van der Waals surface area (Å²) in [7, 11) is 0. The van der Waals surface area contributed by atoms with Crippen molar-refractivity contribution in [1.82, 2.24) is 10.2 Å². The Hall–Kier alpha value is -1.81. The van der Waals surface area contributed by atoms with Gasteiger partial charge in [-0.1, -0.05) is 72.6 Å². The molecule has 1 aromatic rings. The molecule has 2 nitrogen and oxygen atoms in total. The molecule has 0 bridgehead atoms. The fourth-order valence-corrected chi connectivity index (χ4v) is 5.73. The number of likely N-dealkylation sites (tertiary alicyclic amines) is 1. The molecule has 1 saturated heterocycles. The Morgan fingerprint density at radius 3 is 2.75 bits per heavy atom. The van der Waals surface area contributed by atoms with Crippen molar-refractivity contribution in [2.24, 2.45) is 5.92 Å². The molecule has 1 fully saturated rings. The van der Waals surface area contributed by atoms with Crippen molar-refractivity contribution in [3.05, 3.63) is 93.7 Å². The van der Waals surface area contributed by atoms with Crippen LogP contribution in [0.4, 0.5) is 4.39 Å². The fraction of sp³-hybridized carbons (Fsp3) is 0.407. The van der Waals surface area contributed by atoms with Crippen LogP contribution in [0, 0.1) is 5.92 Å². The van der Waals surface area contributed by atoms with Crippen LogP contribution >= 0.6 is 23.2 Å². The van der Waals surface area contributed by atoms with Crippen LogP contribution in [0.25, 0.3) is 0 Å². The maximum atomic E-state index is 13.9. The minimum Gasteiger partial charge on any atom is -0.356 e.